The topological polar surface area (TPSA) is 156 Å². The fraction of sp³-hybridized carbons (Fsp3) is 0.535. The fourth-order valence-corrected chi connectivity index (χ4v) is 15.7. The number of aliphatic hydroxyl groups is 2. The maximum absolute atomic E-state index is 13.5. The van der Waals surface area contributed by atoms with E-state index < -0.39 is 17.6 Å². The van der Waals surface area contributed by atoms with Crippen molar-refractivity contribution < 1.29 is 51.2 Å². The van der Waals surface area contributed by atoms with Crippen LogP contribution in [0.2, 0.25) is 0 Å². The van der Waals surface area contributed by atoms with Gasteiger partial charge in [-0.1, -0.05) is 12.1 Å². The van der Waals surface area contributed by atoms with Gasteiger partial charge in [0.15, 0.2) is 0 Å². The first kappa shape index (κ1) is 40.4. The van der Waals surface area contributed by atoms with Crippen molar-refractivity contribution in [2.45, 2.75) is 110 Å². The molecule has 5 unspecified atom stereocenters. The summed E-state index contributed by atoms with van der Waals surface area (Å²) < 4.78 is 6.17. The number of fused-ring (bicyclic) bond motifs is 2. The number of nitrogens with zero attached hydrogens (tertiary/aromatic N) is 1. The molecule has 7 atom stereocenters. The number of benzene rings is 3. The van der Waals surface area contributed by atoms with Crippen molar-refractivity contribution in [3.63, 3.8) is 0 Å². The number of aryl methyl sites for hydroxylation is 1. The van der Waals surface area contributed by atoms with Crippen LogP contribution < -0.4 is 37.2 Å². The second-order valence-corrected chi connectivity index (χ2v) is 21.8. The van der Waals surface area contributed by atoms with E-state index in [0.29, 0.717) is 43.3 Å². The number of alkyl halides is 2. The van der Waals surface area contributed by atoms with E-state index >= 15 is 0 Å². The number of nitrogens with one attached hydrogen (secondary N) is 3. The molecule has 11 heteroatoms. The Balaban J connectivity index is 1.12. The molecule has 6 rings (SSSR count). The van der Waals surface area contributed by atoms with Crippen LogP contribution >= 0.6 is 0 Å². The Morgan fingerprint density at radius 2 is 1.80 bits per heavy atom. The van der Waals surface area contributed by atoms with Crippen molar-refractivity contribution in [3.8, 4) is 11.5 Å². The van der Waals surface area contributed by atoms with Gasteiger partial charge in [-0.25, -0.2) is 0 Å². The quantitative estimate of drug-likeness (QED) is 0.0560. The SMILES string of the molecule is Cc1cc(C(C)(C)N[C@]23CC(C)C[C@](C)(CC(OC(=O)C(CO)c4ccccc4)C2)[I-]3)c(O)c(C)c1CC1=NCC(CNCC(O)c2cccc(O)c2)N1. The van der Waals surface area contributed by atoms with Gasteiger partial charge in [0.1, 0.15) is 5.75 Å². The van der Waals surface area contributed by atoms with Crippen molar-refractivity contribution >= 4 is 11.8 Å². The van der Waals surface area contributed by atoms with Crippen molar-refractivity contribution in [3.05, 3.63) is 94.0 Å². The zero-order chi connectivity index (χ0) is 38.8. The third kappa shape index (κ3) is 9.24. The molecule has 0 saturated carbocycles. The van der Waals surface area contributed by atoms with Gasteiger partial charge in [-0.3, -0.25) is 0 Å². The van der Waals surface area contributed by atoms with E-state index in [9.17, 15) is 25.2 Å². The first-order chi connectivity index (χ1) is 25.6. The number of halogens is 1. The van der Waals surface area contributed by atoms with Crippen molar-refractivity contribution in [2.24, 2.45) is 10.9 Å². The number of aliphatic imine (C=N–C) groups is 1. The molecule has 10 nitrogen and oxygen atoms in total. The first-order valence-electron chi connectivity index (χ1n) is 19.2. The van der Waals surface area contributed by atoms with Gasteiger partial charge in [0.05, 0.1) is 6.10 Å². The van der Waals surface area contributed by atoms with Crippen LogP contribution in [0.3, 0.4) is 0 Å². The molecule has 54 heavy (non-hydrogen) atoms. The van der Waals surface area contributed by atoms with Crippen molar-refractivity contribution in [2.75, 3.05) is 26.2 Å². The predicted molar refractivity (Wildman–Crippen MR) is 208 cm³/mol. The van der Waals surface area contributed by atoms with Gasteiger partial charge in [0.2, 0.25) is 0 Å². The average Bonchev–Trinajstić information content (AvgIpc) is 3.54. The molecule has 294 valence electrons. The molecule has 3 heterocycles. The summed E-state index contributed by atoms with van der Waals surface area (Å²) in [6.45, 7) is 14.4. The van der Waals surface area contributed by atoms with Crippen LogP contribution in [0.4, 0.5) is 0 Å². The Bertz CT molecular complexity index is 1840. The molecule has 0 amide bonds. The van der Waals surface area contributed by atoms with Crippen molar-refractivity contribution in [1.82, 2.24) is 16.0 Å². The molecule has 2 bridgehead atoms. The van der Waals surface area contributed by atoms with Gasteiger partial charge in [-0.15, -0.1) is 0 Å². The number of hydrogen-bond donors (Lipinski definition) is 7. The molecule has 3 aliphatic heterocycles. The molecule has 3 aromatic rings. The van der Waals surface area contributed by atoms with Gasteiger partial charge < -0.3 is 15.5 Å². The zero-order valence-corrected chi connectivity index (χ0v) is 34.6. The minimum atomic E-state index is -0.724. The van der Waals surface area contributed by atoms with E-state index in [1.165, 1.54) is 0 Å². The second-order valence-electron chi connectivity index (χ2n) is 16.6. The van der Waals surface area contributed by atoms with Gasteiger partial charge in [0.25, 0.3) is 0 Å². The molecule has 0 aromatic heterocycles. The third-order valence-corrected chi connectivity index (χ3v) is 15.7. The van der Waals surface area contributed by atoms with E-state index in [1.54, 1.807) is 24.3 Å². The third-order valence-electron chi connectivity index (χ3n) is 11.3. The number of carbonyl (C=O) groups excluding carboxylic acids is 1. The van der Waals surface area contributed by atoms with Gasteiger partial charge in [-0.2, -0.15) is 0 Å². The number of esters is 1. The van der Waals surface area contributed by atoms with Crippen LogP contribution in [0.25, 0.3) is 0 Å². The van der Waals surface area contributed by atoms with E-state index in [-0.39, 0.29) is 58.6 Å². The Morgan fingerprint density at radius 1 is 1.06 bits per heavy atom. The number of aliphatic hydroxyl groups excluding tert-OH is 2. The number of phenolic OH excluding ortho intramolecular Hbond substituents is 2. The number of hydrogen-bond acceptors (Lipinski definition) is 10. The first-order valence-corrected chi connectivity index (χ1v) is 21.4. The van der Waals surface area contributed by atoms with Gasteiger partial charge in [-0.05, 0) is 17.7 Å². The Labute approximate surface area is 330 Å². The Morgan fingerprint density at radius 3 is 2.52 bits per heavy atom. The molecule has 2 saturated heterocycles. The zero-order valence-electron chi connectivity index (χ0n) is 32.5. The number of aromatic hydroxyl groups is 2. The van der Waals surface area contributed by atoms with E-state index in [0.717, 1.165) is 59.3 Å². The van der Waals surface area contributed by atoms with Crippen LogP contribution in [0.15, 0.2) is 65.7 Å². The normalized spacial score (nSPS) is 26.6. The van der Waals surface area contributed by atoms with Crippen LogP contribution in [-0.2, 0) is 21.5 Å². The summed E-state index contributed by atoms with van der Waals surface area (Å²) >= 11 is -0.355. The summed E-state index contributed by atoms with van der Waals surface area (Å²) in [5, 5.41) is 53.2. The number of phenols is 2. The van der Waals surface area contributed by atoms with Crippen LogP contribution in [0.1, 0.15) is 98.8 Å². The minimum absolute atomic E-state index is 0.0885. The number of amidine groups is 1. The molecule has 0 spiro atoms. The molecule has 0 aliphatic carbocycles. The molecular formula is C43H58IN4O6-. The van der Waals surface area contributed by atoms with Crippen molar-refractivity contribution in [1.29, 1.82) is 0 Å². The maximum atomic E-state index is 13.5. The average molecular weight is 854 g/mol. The monoisotopic (exact) mass is 853 g/mol. The molecule has 2 fully saturated rings. The van der Waals surface area contributed by atoms with Gasteiger partial charge in [0, 0.05) is 6.54 Å². The van der Waals surface area contributed by atoms with E-state index in [1.807, 2.05) is 37.3 Å². The number of rotatable bonds is 14. The summed E-state index contributed by atoms with van der Waals surface area (Å²) in [7, 11) is 0. The molecule has 3 aromatic carbocycles. The molecule has 3 aliphatic rings. The fourth-order valence-electron chi connectivity index (χ4n) is 9.04. The van der Waals surface area contributed by atoms with E-state index in [2.05, 4.69) is 56.6 Å². The van der Waals surface area contributed by atoms with Gasteiger partial charge >= 0.3 is 268 Å². The van der Waals surface area contributed by atoms with Crippen LogP contribution in [0, 0.1) is 19.8 Å². The standard InChI is InChI=1S/C43H58IN4O6/c1-26-18-42(6)20-33(54-40(53)35(25-49)29-11-8-7-9-12-29)21-43(19-26,44-42)48-41(4,5)36-15-27(2)34(28(3)39(36)52)17-38-46-23-31(47-38)22-45-24-37(51)30-13-10-14-32(50)16-30/h7-16,26,31,33,35,37,45,48-52H,17-25H2,1-6H3,(H,46,47)/q-1/t26?,31?,33?,35?,37?,42-,43-/m1/s1. The molecule has 0 radical (unpaired) electrons. The number of ether oxygens (including phenoxy) is 1. The Kier molecular flexibility index (Phi) is 12.3. The molecule has 7 N–H and O–H groups in total. The summed E-state index contributed by atoms with van der Waals surface area (Å²) in [5.74, 6) is 0.738. The van der Waals surface area contributed by atoms with E-state index in [4.69, 9.17) is 9.73 Å². The predicted octanol–water partition coefficient (Wildman–Crippen LogP) is 2.23. The number of carbonyl (C=O) groups is 1. The molecular weight excluding hydrogens is 795 g/mol. The second kappa shape index (κ2) is 16.5. The summed E-state index contributed by atoms with van der Waals surface area (Å²) in [4.78, 5) is 18.3. The van der Waals surface area contributed by atoms with Crippen LogP contribution in [0.5, 0.6) is 11.5 Å². The van der Waals surface area contributed by atoms with Crippen LogP contribution in [-0.4, -0.2) is 77.6 Å². The summed E-state index contributed by atoms with van der Waals surface area (Å²) in [6, 6.07) is 18.3. The summed E-state index contributed by atoms with van der Waals surface area (Å²) in [5.41, 5.74) is 4.71. The Hall–Kier alpha value is -3.23. The summed E-state index contributed by atoms with van der Waals surface area (Å²) in [6.07, 6.45) is 3.25.